The van der Waals surface area contributed by atoms with Gasteiger partial charge in [0.1, 0.15) is 5.75 Å². The van der Waals surface area contributed by atoms with Crippen LogP contribution in [0.4, 0.5) is 17.1 Å². The molecule has 0 bridgehead atoms. The standard InChI is InChI=1S/C55H53NO/c1-9-55(7,39-23-29-46-45-28-22-38(32-49(45)53(3,4)50(46)33-39)36(2)37-20-26-44(57-8)27-21-37)40-24-30-47-48-31-25-43(35-52(48)54(5,6)51(47)34-40)56(41-16-12-10-13-17-41)42-18-14-11-15-19-42/h10-36H,9H2,1-8H3. The van der Waals surface area contributed by atoms with Gasteiger partial charge in [-0.1, -0.05) is 158 Å². The van der Waals surface area contributed by atoms with Crippen molar-refractivity contribution in [2.24, 2.45) is 0 Å². The quantitative estimate of drug-likeness (QED) is 0.146. The number of methoxy groups -OCH3 is 1. The van der Waals surface area contributed by atoms with Crippen molar-refractivity contribution in [1.29, 1.82) is 0 Å². The van der Waals surface area contributed by atoms with Gasteiger partial charge in [-0.25, -0.2) is 0 Å². The van der Waals surface area contributed by atoms with Crippen molar-refractivity contribution in [3.8, 4) is 28.0 Å². The molecule has 7 aromatic carbocycles. The van der Waals surface area contributed by atoms with Crippen molar-refractivity contribution < 1.29 is 4.74 Å². The van der Waals surface area contributed by atoms with E-state index in [1.807, 2.05) is 0 Å². The van der Waals surface area contributed by atoms with Gasteiger partial charge in [-0.15, -0.1) is 0 Å². The van der Waals surface area contributed by atoms with E-state index in [4.69, 9.17) is 4.74 Å². The lowest BCUT2D eigenvalue weighted by Gasteiger charge is -2.33. The van der Waals surface area contributed by atoms with Gasteiger partial charge in [0.05, 0.1) is 7.11 Å². The van der Waals surface area contributed by atoms with E-state index in [0.717, 1.165) is 23.5 Å². The number of hydrogen-bond donors (Lipinski definition) is 0. The summed E-state index contributed by atoms with van der Waals surface area (Å²) in [6.45, 7) is 16.7. The highest BCUT2D eigenvalue weighted by molar-refractivity contribution is 5.86. The van der Waals surface area contributed by atoms with Gasteiger partial charge < -0.3 is 9.64 Å². The van der Waals surface area contributed by atoms with Crippen LogP contribution in [0.3, 0.4) is 0 Å². The van der Waals surface area contributed by atoms with E-state index >= 15 is 0 Å². The van der Waals surface area contributed by atoms with Crippen LogP contribution < -0.4 is 9.64 Å². The first-order valence-electron chi connectivity index (χ1n) is 20.6. The zero-order chi connectivity index (χ0) is 39.7. The Morgan fingerprint density at radius 3 is 1.44 bits per heavy atom. The molecule has 2 aliphatic carbocycles. The van der Waals surface area contributed by atoms with Crippen LogP contribution in [0.25, 0.3) is 22.3 Å². The Bertz CT molecular complexity index is 2580. The predicted octanol–water partition coefficient (Wildman–Crippen LogP) is 14.6. The summed E-state index contributed by atoms with van der Waals surface area (Å²) in [5.41, 5.74) is 19.5. The van der Waals surface area contributed by atoms with Crippen molar-refractivity contribution in [2.75, 3.05) is 12.0 Å². The number of rotatable bonds is 9. The van der Waals surface area contributed by atoms with E-state index in [0.29, 0.717) is 0 Å². The number of benzene rings is 7. The molecule has 284 valence electrons. The maximum atomic E-state index is 5.43. The Morgan fingerprint density at radius 2 is 0.947 bits per heavy atom. The highest BCUT2D eigenvalue weighted by Gasteiger charge is 2.40. The summed E-state index contributed by atoms with van der Waals surface area (Å²) in [5.74, 6) is 1.18. The Labute approximate surface area is 339 Å². The number of para-hydroxylation sites is 2. The lowest BCUT2D eigenvalue weighted by molar-refractivity contribution is 0.414. The fraction of sp³-hybridized carbons (Fsp3) is 0.236. The molecule has 2 unspecified atom stereocenters. The first-order chi connectivity index (χ1) is 27.5. The Kier molecular flexibility index (Phi) is 8.81. The molecule has 0 saturated heterocycles. The fourth-order valence-corrected chi connectivity index (χ4v) is 9.84. The third-order valence-corrected chi connectivity index (χ3v) is 13.7. The molecule has 0 radical (unpaired) electrons. The second kappa shape index (κ2) is 13.7. The Balaban J connectivity index is 1.06. The van der Waals surface area contributed by atoms with Gasteiger partial charge in [-0.3, -0.25) is 0 Å². The summed E-state index contributed by atoms with van der Waals surface area (Å²) >= 11 is 0. The second-order valence-electron chi connectivity index (χ2n) is 17.5. The van der Waals surface area contributed by atoms with Crippen molar-refractivity contribution in [3.05, 3.63) is 202 Å². The van der Waals surface area contributed by atoms with Gasteiger partial charge in [0.25, 0.3) is 0 Å². The van der Waals surface area contributed by atoms with Crippen LogP contribution in [0.5, 0.6) is 5.75 Å². The number of hydrogen-bond acceptors (Lipinski definition) is 2. The van der Waals surface area contributed by atoms with Gasteiger partial charge in [0.15, 0.2) is 0 Å². The molecule has 0 aliphatic heterocycles. The van der Waals surface area contributed by atoms with Crippen LogP contribution in [0.2, 0.25) is 0 Å². The SMILES string of the molecule is CCC(C)(c1ccc2c(c1)C(C)(C)c1cc(C(C)c3ccc(OC)cc3)ccc1-2)c1ccc2c(c1)C(C)(C)c1cc(N(c3ccccc3)c3ccccc3)ccc1-2. The Morgan fingerprint density at radius 1 is 0.509 bits per heavy atom. The minimum Gasteiger partial charge on any atom is -0.497 e. The lowest BCUT2D eigenvalue weighted by atomic mass is 9.70. The molecular weight excluding hydrogens is 691 g/mol. The molecule has 2 nitrogen and oxygen atoms in total. The monoisotopic (exact) mass is 743 g/mol. The zero-order valence-electron chi connectivity index (χ0n) is 34.7. The summed E-state index contributed by atoms with van der Waals surface area (Å²) in [5, 5.41) is 0. The van der Waals surface area contributed by atoms with Crippen LogP contribution in [0, 0.1) is 0 Å². The fourth-order valence-electron chi connectivity index (χ4n) is 9.84. The van der Waals surface area contributed by atoms with Crippen LogP contribution in [0.1, 0.15) is 105 Å². The average molecular weight is 744 g/mol. The van der Waals surface area contributed by atoms with Gasteiger partial charge >= 0.3 is 0 Å². The maximum absolute atomic E-state index is 5.43. The third-order valence-electron chi connectivity index (χ3n) is 13.7. The molecule has 2 aliphatic rings. The van der Waals surface area contributed by atoms with E-state index < -0.39 is 0 Å². The van der Waals surface area contributed by atoms with E-state index in [9.17, 15) is 0 Å². The zero-order valence-corrected chi connectivity index (χ0v) is 34.7. The molecule has 2 heteroatoms. The largest absolute Gasteiger partial charge is 0.497 e. The van der Waals surface area contributed by atoms with Crippen LogP contribution in [-0.4, -0.2) is 7.11 Å². The van der Waals surface area contributed by atoms with Crippen LogP contribution >= 0.6 is 0 Å². The van der Waals surface area contributed by atoms with E-state index in [-0.39, 0.29) is 22.2 Å². The normalized spacial score (nSPS) is 15.8. The minimum absolute atomic E-state index is 0.113. The maximum Gasteiger partial charge on any atom is 0.118 e. The number of nitrogens with zero attached hydrogens (tertiary/aromatic N) is 1. The lowest BCUT2D eigenvalue weighted by Crippen LogP contribution is -2.25. The Hall–Kier alpha value is -5.86. The van der Waals surface area contributed by atoms with Gasteiger partial charge in [0.2, 0.25) is 0 Å². The molecule has 0 N–H and O–H groups in total. The molecule has 9 rings (SSSR count). The summed E-state index contributed by atoms with van der Waals surface area (Å²) in [6, 6.07) is 58.8. The first-order valence-corrected chi connectivity index (χ1v) is 20.6. The molecular formula is C55H53NO. The van der Waals surface area contributed by atoms with Gasteiger partial charge in [-0.05, 0) is 122 Å². The molecule has 0 fully saturated rings. The van der Waals surface area contributed by atoms with E-state index in [1.54, 1.807) is 7.11 Å². The van der Waals surface area contributed by atoms with E-state index in [2.05, 4.69) is 211 Å². The first kappa shape index (κ1) is 36.8. The van der Waals surface area contributed by atoms with Gasteiger partial charge in [0, 0.05) is 39.2 Å². The number of fused-ring (bicyclic) bond motifs is 6. The third kappa shape index (κ3) is 5.83. The van der Waals surface area contributed by atoms with E-state index in [1.165, 1.54) is 72.4 Å². The van der Waals surface area contributed by atoms with Crippen molar-refractivity contribution in [3.63, 3.8) is 0 Å². The molecule has 57 heavy (non-hydrogen) atoms. The molecule has 0 spiro atoms. The highest BCUT2D eigenvalue weighted by Crippen LogP contribution is 2.54. The molecule has 7 aromatic rings. The van der Waals surface area contributed by atoms with Crippen molar-refractivity contribution in [2.45, 2.75) is 77.0 Å². The molecule has 0 aromatic heterocycles. The summed E-state index contributed by atoms with van der Waals surface area (Å²) < 4.78 is 5.43. The molecule has 0 saturated carbocycles. The molecule has 0 amide bonds. The molecule has 0 heterocycles. The van der Waals surface area contributed by atoms with Crippen molar-refractivity contribution in [1.82, 2.24) is 0 Å². The highest BCUT2D eigenvalue weighted by atomic mass is 16.5. The molecule has 2 atom stereocenters. The van der Waals surface area contributed by atoms with Crippen molar-refractivity contribution >= 4 is 17.1 Å². The predicted molar refractivity (Wildman–Crippen MR) is 240 cm³/mol. The van der Waals surface area contributed by atoms with Crippen LogP contribution in [-0.2, 0) is 16.2 Å². The summed E-state index contributed by atoms with van der Waals surface area (Å²) in [4.78, 5) is 2.37. The number of ether oxygens (including phenoxy) is 1. The minimum atomic E-state index is -0.160. The van der Waals surface area contributed by atoms with Crippen LogP contribution in [0.15, 0.2) is 158 Å². The summed E-state index contributed by atoms with van der Waals surface area (Å²) in [7, 11) is 1.72. The second-order valence-corrected chi connectivity index (χ2v) is 17.5. The average Bonchev–Trinajstić information content (AvgIpc) is 3.62. The topological polar surface area (TPSA) is 12.5 Å². The summed E-state index contributed by atoms with van der Waals surface area (Å²) in [6.07, 6.45) is 1.00. The smallest absolute Gasteiger partial charge is 0.118 e. The van der Waals surface area contributed by atoms with Gasteiger partial charge in [-0.2, -0.15) is 0 Å². The number of anilines is 3.